The lowest BCUT2D eigenvalue weighted by Crippen LogP contribution is -2.51. The standard InChI is InChI=1S/C34H26N2/c1-26-23-33(28-14-6-2-7-15-28,29-16-8-3-9-17-29)34(30-18-10-4-11-19-30,31-20-12-5-13-21-31)32(26)22-27(24-35)25-36/h2-23,32H,1H3. The van der Waals surface area contributed by atoms with Gasteiger partial charge < -0.3 is 0 Å². The monoisotopic (exact) mass is 462 g/mol. The van der Waals surface area contributed by atoms with Crippen molar-refractivity contribution in [2.75, 3.05) is 0 Å². The molecule has 5 rings (SSSR count). The maximum Gasteiger partial charge on any atom is 0.126 e. The van der Waals surface area contributed by atoms with Gasteiger partial charge in [-0.05, 0) is 35.3 Å². The Morgan fingerprint density at radius 3 is 1.33 bits per heavy atom. The predicted octanol–water partition coefficient (Wildman–Crippen LogP) is 7.51. The van der Waals surface area contributed by atoms with E-state index in [1.165, 1.54) is 0 Å². The molecular formula is C34H26N2. The van der Waals surface area contributed by atoms with Gasteiger partial charge in [0.1, 0.15) is 17.7 Å². The Kier molecular flexibility index (Phi) is 6.12. The summed E-state index contributed by atoms with van der Waals surface area (Å²) in [4.78, 5) is 0. The van der Waals surface area contributed by atoms with Gasteiger partial charge in [-0.1, -0.05) is 133 Å². The van der Waals surface area contributed by atoms with Gasteiger partial charge in [0.05, 0.1) is 5.41 Å². The van der Waals surface area contributed by atoms with Crippen LogP contribution in [0.4, 0.5) is 0 Å². The quantitative estimate of drug-likeness (QED) is 0.228. The van der Waals surface area contributed by atoms with Crippen LogP contribution in [-0.4, -0.2) is 0 Å². The molecule has 0 bridgehead atoms. The minimum atomic E-state index is -0.652. The highest BCUT2D eigenvalue weighted by molar-refractivity contribution is 5.65. The lowest BCUT2D eigenvalue weighted by molar-refractivity contribution is 0.340. The maximum atomic E-state index is 9.79. The Balaban J connectivity index is 2.03. The molecule has 1 unspecified atom stereocenters. The highest BCUT2D eigenvalue weighted by Crippen LogP contribution is 2.64. The number of benzene rings is 4. The van der Waals surface area contributed by atoms with E-state index < -0.39 is 10.8 Å². The summed E-state index contributed by atoms with van der Waals surface area (Å²) in [6.45, 7) is 2.13. The van der Waals surface area contributed by atoms with Crippen molar-refractivity contribution in [1.82, 2.24) is 0 Å². The second-order valence-electron chi connectivity index (χ2n) is 9.25. The SMILES string of the molecule is CC1=CC(c2ccccc2)(c2ccccc2)C(c2ccccc2)(c2ccccc2)C1C=C(C#N)C#N. The zero-order valence-electron chi connectivity index (χ0n) is 20.2. The van der Waals surface area contributed by atoms with Crippen molar-refractivity contribution in [2.45, 2.75) is 17.8 Å². The van der Waals surface area contributed by atoms with Crippen molar-refractivity contribution in [3.8, 4) is 12.1 Å². The second-order valence-corrected chi connectivity index (χ2v) is 9.25. The Morgan fingerprint density at radius 2 is 0.972 bits per heavy atom. The van der Waals surface area contributed by atoms with Gasteiger partial charge in [0.15, 0.2) is 0 Å². The number of rotatable bonds is 5. The average molecular weight is 463 g/mol. The lowest BCUT2D eigenvalue weighted by Gasteiger charge is -2.50. The number of nitrogens with zero attached hydrogens (tertiary/aromatic N) is 2. The number of hydrogen-bond acceptors (Lipinski definition) is 2. The minimum Gasteiger partial charge on any atom is -0.192 e. The molecule has 172 valence electrons. The second kappa shape index (κ2) is 9.53. The van der Waals surface area contributed by atoms with Gasteiger partial charge in [0.2, 0.25) is 0 Å². The third-order valence-corrected chi connectivity index (χ3v) is 7.51. The van der Waals surface area contributed by atoms with Crippen LogP contribution < -0.4 is 0 Å². The lowest BCUT2D eigenvalue weighted by atomic mass is 9.50. The van der Waals surface area contributed by atoms with Gasteiger partial charge in [-0.15, -0.1) is 0 Å². The summed E-state index contributed by atoms with van der Waals surface area (Å²) in [6, 6.07) is 46.5. The summed E-state index contributed by atoms with van der Waals surface area (Å²) < 4.78 is 0. The van der Waals surface area contributed by atoms with Crippen LogP contribution in [0.1, 0.15) is 29.2 Å². The maximum absolute atomic E-state index is 9.79. The summed E-state index contributed by atoms with van der Waals surface area (Å²) in [5.74, 6) is -0.225. The highest BCUT2D eigenvalue weighted by atomic mass is 14.6. The molecule has 0 spiro atoms. The number of hydrogen-bond donors (Lipinski definition) is 0. The van der Waals surface area contributed by atoms with Crippen LogP contribution in [0, 0.1) is 28.6 Å². The molecule has 1 aliphatic rings. The molecular weight excluding hydrogens is 436 g/mol. The van der Waals surface area contributed by atoms with Gasteiger partial charge in [0, 0.05) is 11.3 Å². The third kappa shape index (κ3) is 3.39. The van der Waals surface area contributed by atoms with E-state index >= 15 is 0 Å². The summed E-state index contributed by atoms with van der Waals surface area (Å²) >= 11 is 0. The molecule has 0 N–H and O–H groups in total. The van der Waals surface area contributed by atoms with E-state index in [9.17, 15) is 10.5 Å². The van der Waals surface area contributed by atoms with Crippen molar-refractivity contribution in [3.05, 3.63) is 167 Å². The van der Waals surface area contributed by atoms with Gasteiger partial charge in [-0.2, -0.15) is 10.5 Å². The highest BCUT2D eigenvalue weighted by Gasteiger charge is 2.61. The van der Waals surface area contributed by atoms with Crippen LogP contribution in [0.15, 0.2) is 145 Å². The minimum absolute atomic E-state index is 0.126. The van der Waals surface area contributed by atoms with E-state index in [4.69, 9.17) is 0 Å². The van der Waals surface area contributed by atoms with E-state index in [2.05, 4.69) is 122 Å². The average Bonchev–Trinajstić information content (AvgIpc) is 3.23. The van der Waals surface area contributed by atoms with Gasteiger partial charge in [-0.25, -0.2) is 0 Å². The first-order chi connectivity index (χ1) is 17.7. The van der Waals surface area contributed by atoms with Crippen LogP contribution >= 0.6 is 0 Å². The zero-order valence-corrected chi connectivity index (χ0v) is 20.2. The fourth-order valence-electron chi connectivity index (χ4n) is 6.23. The van der Waals surface area contributed by atoms with Crippen molar-refractivity contribution in [3.63, 3.8) is 0 Å². The molecule has 4 aromatic carbocycles. The van der Waals surface area contributed by atoms with Crippen LogP contribution in [-0.2, 0) is 10.8 Å². The Hall–Kier alpha value is -4.66. The van der Waals surface area contributed by atoms with Crippen molar-refractivity contribution in [2.24, 2.45) is 5.92 Å². The Labute approximate surface area is 213 Å². The van der Waals surface area contributed by atoms with Crippen LogP contribution in [0.2, 0.25) is 0 Å². The normalized spacial score (nSPS) is 17.3. The number of nitriles is 2. The Morgan fingerprint density at radius 1 is 0.611 bits per heavy atom. The van der Waals surface area contributed by atoms with Crippen molar-refractivity contribution in [1.29, 1.82) is 10.5 Å². The molecule has 0 radical (unpaired) electrons. The smallest absolute Gasteiger partial charge is 0.126 e. The van der Waals surface area contributed by atoms with E-state index in [-0.39, 0.29) is 11.5 Å². The van der Waals surface area contributed by atoms with E-state index in [1.54, 1.807) is 0 Å². The molecule has 0 saturated heterocycles. The first-order valence-electron chi connectivity index (χ1n) is 12.1. The summed E-state index contributed by atoms with van der Waals surface area (Å²) in [6.07, 6.45) is 4.24. The summed E-state index contributed by atoms with van der Waals surface area (Å²) in [5, 5.41) is 19.6. The molecule has 0 fully saturated rings. The summed E-state index contributed by atoms with van der Waals surface area (Å²) in [7, 11) is 0. The van der Waals surface area contributed by atoms with Gasteiger partial charge >= 0.3 is 0 Å². The fraction of sp³-hybridized carbons (Fsp3) is 0.118. The van der Waals surface area contributed by atoms with Crippen molar-refractivity contribution < 1.29 is 0 Å². The van der Waals surface area contributed by atoms with Crippen LogP contribution in [0.5, 0.6) is 0 Å². The van der Waals surface area contributed by atoms with Gasteiger partial charge in [0.25, 0.3) is 0 Å². The molecule has 4 aromatic rings. The molecule has 1 aliphatic carbocycles. The van der Waals surface area contributed by atoms with Crippen LogP contribution in [0.25, 0.3) is 0 Å². The van der Waals surface area contributed by atoms with Crippen LogP contribution in [0.3, 0.4) is 0 Å². The Bertz CT molecular complexity index is 1390. The molecule has 0 aliphatic heterocycles. The van der Waals surface area contributed by atoms with Gasteiger partial charge in [-0.3, -0.25) is 0 Å². The molecule has 2 nitrogen and oxygen atoms in total. The number of allylic oxidation sites excluding steroid dienone is 4. The van der Waals surface area contributed by atoms with E-state index in [1.807, 2.05) is 30.3 Å². The van der Waals surface area contributed by atoms with E-state index in [0.29, 0.717) is 0 Å². The predicted molar refractivity (Wildman–Crippen MR) is 144 cm³/mol. The molecule has 0 saturated carbocycles. The first-order valence-corrected chi connectivity index (χ1v) is 12.1. The molecule has 0 amide bonds. The molecule has 0 aromatic heterocycles. The largest absolute Gasteiger partial charge is 0.192 e. The molecule has 1 atom stereocenters. The molecule has 0 heterocycles. The first kappa shape index (κ1) is 23.1. The van der Waals surface area contributed by atoms with Crippen molar-refractivity contribution >= 4 is 0 Å². The molecule has 36 heavy (non-hydrogen) atoms. The fourth-order valence-corrected chi connectivity index (χ4v) is 6.23. The third-order valence-electron chi connectivity index (χ3n) is 7.51. The molecule has 2 heteroatoms. The topological polar surface area (TPSA) is 47.6 Å². The summed E-state index contributed by atoms with van der Waals surface area (Å²) in [5.41, 5.74) is 4.59. The van der Waals surface area contributed by atoms with E-state index in [0.717, 1.165) is 27.8 Å². The zero-order chi connectivity index (χ0) is 25.0.